The Hall–Kier alpha value is -1.36. The molecule has 4 nitrogen and oxygen atoms in total. The molecule has 0 bridgehead atoms. The zero-order valence-electron chi connectivity index (χ0n) is 6.15. The van der Waals surface area contributed by atoms with Crippen molar-refractivity contribution in [2.75, 3.05) is 0 Å². The van der Waals surface area contributed by atoms with Crippen molar-refractivity contribution < 1.29 is 9.00 Å². The number of carbonyl (C=O) groups is 1. The Morgan fingerprint density at radius 3 is 2.42 bits per heavy atom. The fourth-order valence-corrected chi connectivity index (χ4v) is 1.48. The van der Waals surface area contributed by atoms with Gasteiger partial charge in [0.05, 0.1) is 21.1 Å². The summed E-state index contributed by atoms with van der Waals surface area (Å²) < 4.78 is 17.7. The molecule has 5 heteroatoms. The van der Waals surface area contributed by atoms with Gasteiger partial charge in [0, 0.05) is 0 Å². The molecule has 1 unspecified atom stereocenters. The summed E-state index contributed by atoms with van der Waals surface area (Å²) in [6.45, 7) is 0. The molecular weight excluding hydrogens is 176 g/mol. The molecular formula is C7H8N2O2S. The molecule has 1 amide bonds. The van der Waals surface area contributed by atoms with Crippen molar-refractivity contribution in [3.05, 3.63) is 29.8 Å². The average molecular weight is 184 g/mol. The van der Waals surface area contributed by atoms with Gasteiger partial charge in [0.2, 0.25) is 5.91 Å². The molecule has 12 heavy (non-hydrogen) atoms. The van der Waals surface area contributed by atoms with Gasteiger partial charge in [-0.25, -0.2) is 4.21 Å². The quantitative estimate of drug-likeness (QED) is 0.581. The first-order chi connectivity index (χ1) is 5.63. The van der Waals surface area contributed by atoms with Gasteiger partial charge in [0.15, 0.2) is 0 Å². The van der Waals surface area contributed by atoms with Crippen LogP contribution >= 0.6 is 0 Å². The third-order valence-electron chi connectivity index (χ3n) is 1.39. The first kappa shape index (κ1) is 8.73. The molecule has 0 aliphatic rings. The summed E-state index contributed by atoms with van der Waals surface area (Å²) in [5, 5.41) is 0. The second-order valence-electron chi connectivity index (χ2n) is 2.18. The topological polar surface area (TPSA) is 84.0 Å². The molecule has 0 heterocycles. The Balaban J connectivity index is 3.36. The van der Waals surface area contributed by atoms with E-state index in [2.05, 4.69) is 0 Å². The minimum Gasteiger partial charge on any atom is -0.366 e. The molecule has 0 fully saturated rings. The normalized spacial score (nSPS) is 12.3. The van der Waals surface area contributed by atoms with Crippen LogP contribution in [0.1, 0.15) is 10.4 Å². The summed E-state index contributed by atoms with van der Waals surface area (Å²) in [5.74, 6) is -0.652. The van der Waals surface area contributed by atoms with Crippen LogP contribution in [0.15, 0.2) is 29.2 Å². The highest BCUT2D eigenvalue weighted by atomic mass is 32.2. The minimum atomic E-state index is -2.25. The third-order valence-corrected chi connectivity index (χ3v) is 2.22. The molecule has 1 aromatic carbocycles. The van der Waals surface area contributed by atoms with E-state index in [4.69, 9.17) is 10.5 Å². The van der Waals surface area contributed by atoms with Gasteiger partial charge in [0.1, 0.15) is 0 Å². The Morgan fingerprint density at radius 2 is 2.00 bits per heavy atom. The summed E-state index contributed by atoms with van der Waals surface area (Å²) in [4.78, 5) is 10.9. The molecule has 0 spiro atoms. The lowest BCUT2D eigenvalue weighted by atomic mass is 10.2. The highest BCUT2D eigenvalue weighted by Gasteiger charge is 2.06. The fourth-order valence-electron chi connectivity index (χ4n) is 0.859. The lowest BCUT2D eigenvalue weighted by Crippen LogP contribution is -2.12. The number of hydrogen-bond donors (Lipinski definition) is 3. The molecule has 0 aliphatic carbocycles. The van der Waals surface area contributed by atoms with Crippen LogP contribution in [0.5, 0.6) is 0 Å². The summed E-state index contributed by atoms with van der Waals surface area (Å²) in [6, 6.07) is 6.15. The average Bonchev–Trinajstić information content (AvgIpc) is 2.04. The molecule has 1 atom stereocenters. The maximum Gasteiger partial charge on any atom is 0.249 e. The smallest absolute Gasteiger partial charge is 0.249 e. The van der Waals surface area contributed by atoms with E-state index in [1.165, 1.54) is 12.1 Å². The van der Waals surface area contributed by atoms with Gasteiger partial charge in [-0.1, -0.05) is 12.1 Å². The predicted octanol–water partition coefficient (Wildman–Crippen LogP) is 0.388. The molecule has 0 saturated heterocycles. The summed E-state index contributed by atoms with van der Waals surface area (Å²) >= 11 is 0. The number of thiol groups is 1. The summed E-state index contributed by atoms with van der Waals surface area (Å²) in [6.07, 6.45) is 0. The van der Waals surface area contributed by atoms with Crippen LogP contribution in [0.2, 0.25) is 0 Å². The fraction of sp³-hybridized carbons (Fsp3) is 0. The van der Waals surface area contributed by atoms with Crippen LogP contribution < -0.4 is 5.73 Å². The molecule has 0 radical (unpaired) electrons. The standard InChI is InChI=1S/C7H8N2O2S/c8-7(10)5-3-1-2-4-6(5)12(9)11/h1-4,9,12H,(H2,8,10). The Bertz CT molecular complexity index is 377. The number of nitrogens with two attached hydrogens (primary N) is 1. The van der Waals surface area contributed by atoms with E-state index in [0.717, 1.165) is 0 Å². The maximum absolute atomic E-state index is 10.8. The monoisotopic (exact) mass is 184 g/mol. The molecule has 0 aromatic heterocycles. The van der Waals surface area contributed by atoms with Gasteiger partial charge in [-0.2, -0.15) is 0 Å². The molecule has 1 rings (SSSR count). The van der Waals surface area contributed by atoms with Crippen molar-refractivity contribution in [1.82, 2.24) is 0 Å². The molecule has 0 saturated carbocycles. The number of carbonyl (C=O) groups excluding carboxylic acids is 1. The first-order valence-electron chi connectivity index (χ1n) is 3.20. The number of primary amides is 1. The third kappa shape index (κ3) is 1.62. The van der Waals surface area contributed by atoms with E-state index in [1.54, 1.807) is 12.1 Å². The largest absolute Gasteiger partial charge is 0.366 e. The van der Waals surface area contributed by atoms with Crippen molar-refractivity contribution >= 4 is 16.5 Å². The predicted molar refractivity (Wildman–Crippen MR) is 45.5 cm³/mol. The van der Waals surface area contributed by atoms with E-state index in [1.807, 2.05) is 0 Å². The number of hydrogen-bond acceptors (Lipinski definition) is 3. The van der Waals surface area contributed by atoms with Gasteiger partial charge in [0.25, 0.3) is 0 Å². The minimum absolute atomic E-state index is 0.161. The van der Waals surface area contributed by atoms with Crippen molar-refractivity contribution in [1.29, 1.82) is 4.78 Å². The van der Waals surface area contributed by atoms with E-state index in [9.17, 15) is 9.00 Å². The summed E-state index contributed by atoms with van der Waals surface area (Å²) in [5.41, 5.74) is 5.16. The Morgan fingerprint density at radius 1 is 1.42 bits per heavy atom. The first-order valence-corrected chi connectivity index (χ1v) is 4.46. The highest BCUT2D eigenvalue weighted by molar-refractivity contribution is 7.73. The van der Waals surface area contributed by atoms with E-state index >= 15 is 0 Å². The lowest BCUT2D eigenvalue weighted by molar-refractivity contribution is 0.0997. The number of benzene rings is 1. The highest BCUT2D eigenvalue weighted by Crippen LogP contribution is 2.08. The molecule has 1 aromatic rings. The van der Waals surface area contributed by atoms with Crippen molar-refractivity contribution in [3.63, 3.8) is 0 Å². The lowest BCUT2D eigenvalue weighted by Gasteiger charge is -1.98. The zero-order chi connectivity index (χ0) is 9.14. The van der Waals surface area contributed by atoms with Crippen molar-refractivity contribution in [2.45, 2.75) is 4.90 Å². The Kier molecular flexibility index (Phi) is 2.44. The second kappa shape index (κ2) is 3.36. The Labute approximate surface area is 71.4 Å². The summed E-state index contributed by atoms with van der Waals surface area (Å²) in [7, 11) is -2.25. The van der Waals surface area contributed by atoms with E-state index in [0.29, 0.717) is 0 Å². The van der Waals surface area contributed by atoms with Gasteiger partial charge in [-0.15, -0.1) is 0 Å². The van der Waals surface area contributed by atoms with Crippen LogP contribution in [0, 0.1) is 4.78 Å². The van der Waals surface area contributed by atoms with E-state index in [-0.39, 0.29) is 10.5 Å². The molecule has 0 aliphatic heterocycles. The van der Waals surface area contributed by atoms with Gasteiger partial charge < -0.3 is 5.73 Å². The van der Waals surface area contributed by atoms with Crippen molar-refractivity contribution in [3.8, 4) is 0 Å². The van der Waals surface area contributed by atoms with Gasteiger partial charge in [-0.3, -0.25) is 9.57 Å². The molecule has 64 valence electrons. The van der Waals surface area contributed by atoms with Crippen LogP contribution in [-0.4, -0.2) is 10.1 Å². The molecule has 3 N–H and O–H groups in total. The van der Waals surface area contributed by atoms with Gasteiger partial charge in [-0.05, 0) is 12.1 Å². The van der Waals surface area contributed by atoms with Crippen LogP contribution in [0.3, 0.4) is 0 Å². The zero-order valence-corrected chi connectivity index (χ0v) is 7.04. The van der Waals surface area contributed by atoms with Crippen LogP contribution in [0.25, 0.3) is 0 Å². The van der Waals surface area contributed by atoms with E-state index < -0.39 is 16.5 Å². The van der Waals surface area contributed by atoms with Crippen LogP contribution in [0.4, 0.5) is 0 Å². The number of nitrogens with one attached hydrogen (secondary N) is 1. The number of amides is 1. The van der Waals surface area contributed by atoms with Crippen molar-refractivity contribution in [2.24, 2.45) is 5.73 Å². The maximum atomic E-state index is 10.8. The van der Waals surface area contributed by atoms with Gasteiger partial charge >= 0.3 is 0 Å². The second-order valence-corrected chi connectivity index (χ2v) is 3.25. The number of rotatable bonds is 2. The van der Waals surface area contributed by atoms with Crippen LogP contribution in [-0.2, 0) is 10.6 Å². The SMILES string of the molecule is N=[SH](=O)c1ccccc1C(N)=O.